The van der Waals surface area contributed by atoms with Gasteiger partial charge >= 0.3 is 5.97 Å². The Hall–Kier alpha value is -1.88. The Morgan fingerprint density at radius 2 is 2.00 bits per heavy atom. The molecule has 0 saturated carbocycles. The van der Waals surface area contributed by atoms with E-state index in [1.165, 1.54) is 0 Å². The molecule has 1 aromatic rings. The minimum Gasteiger partial charge on any atom is -0.478 e. The van der Waals surface area contributed by atoms with Crippen molar-refractivity contribution in [1.29, 1.82) is 0 Å². The number of hydrogen-bond acceptors (Lipinski definition) is 3. The van der Waals surface area contributed by atoms with Gasteiger partial charge in [-0.05, 0) is 32.0 Å². The normalized spacial score (nSPS) is 11.9. The van der Waals surface area contributed by atoms with Gasteiger partial charge in [0.1, 0.15) is 0 Å². The van der Waals surface area contributed by atoms with Crippen LogP contribution in [0.15, 0.2) is 24.3 Å². The van der Waals surface area contributed by atoms with E-state index in [9.17, 15) is 9.59 Å². The standard InChI is InChI=1S/C13H18N2O3/c1-9(14-2)12(16)15-8-7-10-5-3-4-6-11(10)13(17)18/h3-6,9,14H,7-8H2,1-2H3,(H,15,16)(H,17,18). The summed E-state index contributed by atoms with van der Waals surface area (Å²) in [5, 5.41) is 14.6. The molecule has 0 radical (unpaired) electrons. The summed E-state index contributed by atoms with van der Waals surface area (Å²) in [7, 11) is 1.71. The van der Waals surface area contributed by atoms with Crippen LogP contribution in [0, 0.1) is 0 Å². The fourth-order valence-corrected chi connectivity index (χ4v) is 1.55. The van der Waals surface area contributed by atoms with Gasteiger partial charge in [-0.3, -0.25) is 4.79 Å². The van der Waals surface area contributed by atoms with Crippen LogP contribution in [0.25, 0.3) is 0 Å². The molecule has 0 aliphatic heterocycles. The molecule has 0 fully saturated rings. The van der Waals surface area contributed by atoms with E-state index in [0.29, 0.717) is 13.0 Å². The molecule has 0 saturated heterocycles. The Labute approximate surface area is 106 Å². The van der Waals surface area contributed by atoms with E-state index in [-0.39, 0.29) is 17.5 Å². The summed E-state index contributed by atoms with van der Waals surface area (Å²) in [6.07, 6.45) is 0.505. The number of carboxylic acids is 1. The number of rotatable bonds is 6. The molecule has 0 bridgehead atoms. The van der Waals surface area contributed by atoms with Gasteiger partial charge in [0.25, 0.3) is 0 Å². The van der Waals surface area contributed by atoms with Gasteiger partial charge in [-0.1, -0.05) is 18.2 Å². The van der Waals surface area contributed by atoms with Crippen LogP contribution >= 0.6 is 0 Å². The molecular weight excluding hydrogens is 232 g/mol. The first kappa shape index (κ1) is 14.2. The zero-order valence-corrected chi connectivity index (χ0v) is 10.6. The topological polar surface area (TPSA) is 78.4 Å². The van der Waals surface area contributed by atoms with Gasteiger partial charge in [-0.2, -0.15) is 0 Å². The van der Waals surface area contributed by atoms with E-state index in [1.54, 1.807) is 38.2 Å². The molecule has 5 heteroatoms. The number of hydrogen-bond donors (Lipinski definition) is 3. The number of carboxylic acid groups (broad SMARTS) is 1. The number of aromatic carboxylic acids is 1. The number of carbonyl (C=O) groups is 2. The zero-order valence-electron chi connectivity index (χ0n) is 10.6. The van der Waals surface area contributed by atoms with Gasteiger partial charge in [-0.25, -0.2) is 4.79 Å². The first-order valence-electron chi connectivity index (χ1n) is 5.82. The molecule has 1 aromatic carbocycles. The van der Waals surface area contributed by atoms with E-state index in [1.807, 2.05) is 0 Å². The molecule has 1 rings (SSSR count). The summed E-state index contributed by atoms with van der Waals surface area (Å²) >= 11 is 0. The first-order valence-corrected chi connectivity index (χ1v) is 5.82. The van der Waals surface area contributed by atoms with E-state index < -0.39 is 5.97 Å². The smallest absolute Gasteiger partial charge is 0.335 e. The van der Waals surface area contributed by atoms with Crippen molar-refractivity contribution < 1.29 is 14.7 Å². The summed E-state index contributed by atoms with van der Waals surface area (Å²) < 4.78 is 0. The number of benzene rings is 1. The van der Waals surface area contributed by atoms with Crippen molar-refractivity contribution in [1.82, 2.24) is 10.6 Å². The number of amides is 1. The molecule has 3 N–H and O–H groups in total. The second-order valence-electron chi connectivity index (χ2n) is 4.01. The maximum atomic E-state index is 11.5. The van der Waals surface area contributed by atoms with Crippen molar-refractivity contribution in [3.8, 4) is 0 Å². The Balaban J connectivity index is 2.54. The molecule has 5 nitrogen and oxygen atoms in total. The van der Waals surface area contributed by atoms with Crippen LogP contribution in [0.3, 0.4) is 0 Å². The molecule has 0 aliphatic carbocycles. The summed E-state index contributed by atoms with van der Waals surface area (Å²) in [5.74, 6) is -1.04. The van der Waals surface area contributed by atoms with Crippen LogP contribution in [0.5, 0.6) is 0 Å². The SMILES string of the molecule is CNC(C)C(=O)NCCc1ccccc1C(=O)O. The van der Waals surface area contributed by atoms with Crippen LogP contribution in [0.2, 0.25) is 0 Å². The second-order valence-corrected chi connectivity index (χ2v) is 4.01. The van der Waals surface area contributed by atoms with Crippen molar-refractivity contribution in [3.05, 3.63) is 35.4 Å². The lowest BCUT2D eigenvalue weighted by atomic mass is 10.0. The third kappa shape index (κ3) is 3.85. The lowest BCUT2D eigenvalue weighted by Gasteiger charge is -2.11. The average Bonchev–Trinajstić information content (AvgIpc) is 2.38. The highest BCUT2D eigenvalue weighted by atomic mass is 16.4. The van der Waals surface area contributed by atoms with Crippen molar-refractivity contribution >= 4 is 11.9 Å². The third-order valence-electron chi connectivity index (χ3n) is 2.77. The van der Waals surface area contributed by atoms with Crippen LogP contribution < -0.4 is 10.6 Å². The zero-order chi connectivity index (χ0) is 13.5. The van der Waals surface area contributed by atoms with Crippen molar-refractivity contribution in [2.45, 2.75) is 19.4 Å². The van der Waals surface area contributed by atoms with E-state index in [2.05, 4.69) is 10.6 Å². The fraction of sp³-hybridized carbons (Fsp3) is 0.385. The molecule has 18 heavy (non-hydrogen) atoms. The number of likely N-dealkylation sites (N-methyl/N-ethyl adjacent to an activating group) is 1. The molecular formula is C13H18N2O3. The molecule has 1 amide bonds. The minimum absolute atomic E-state index is 0.0923. The highest BCUT2D eigenvalue weighted by molar-refractivity contribution is 5.89. The lowest BCUT2D eigenvalue weighted by molar-refractivity contribution is -0.122. The highest BCUT2D eigenvalue weighted by Gasteiger charge is 2.11. The molecule has 1 unspecified atom stereocenters. The van der Waals surface area contributed by atoms with Crippen LogP contribution in [0.1, 0.15) is 22.8 Å². The largest absolute Gasteiger partial charge is 0.478 e. The molecule has 98 valence electrons. The van der Waals surface area contributed by atoms with Crippen molar-refractivity contribution in [2.24, 2.45) is 0 Å². The molecule has 1 atom stereocenters. The first-order chi connectivity index (χ1) is 8.56. The Bertz CT molecular complexity index is 432. The highest BCUT2D eigenvalue weighted by Crippen LogP contribution is 2.08. The monoisotopic (exact) mass is 250 g/mol. The van der Waals surface area contributed by atoms with Gasteiger partial charge in [-0.15, -0.1) is 0 Å². The number of nitrogens with one attached hydrogen (secondary N) is 2. The predicted molar refractivity (Wildman–Crippen MR) is 68.6 cm³/mol. The molecule has 0 aliphatic rings. The summed E-state index contributed by atoms with van der Waals surface area (Å²) in [6, 6.07) is 6.56. The van der Waals surface area contributed by atoms with Gasteiger partial charge in [0.2, 0.25) is 5.91 Å². The molecule has 0 heterocycles. The van der Waals surface area contributed by atoms with Crippen molar-refractivity contribution in [3.63, 3.8) is 0 Å². The van der Waals surface area contributed by atoms with E-state index in [0.717, 1.165) is 5.56 Å². The second kappa shape index (κ2) is 6.76. The minimum atomic E-state index is -0.944. The van der Waals surface area contributed by atoms with Gasteiger partial charge in [0.15, 0.2) is 0 Å². The van der Waals surface area contributed by atoms with Crippen LogP contribution in [-0.4, -0.2) is 36.6 Å². The fourth-order valence-electron chi connectivity index (χ4n) is 1.55. The summed E-state index contributed by atoms with van der Waals surface area (Å²) in [4.78, 5) is 22.5. The summed E-state index contributed by atoms with van der Waals surface area (Å²) in [6.45, 7) is 2.19. The third-order valence-corrected chi connectivity index (χ3v) is 2.77. The van der Waals surface area contributed by atoms with Crippen LogP contribution in [-0.2, 0) is 11.2 Å². The molecule has 0 aromatic heterocycles. The number of carbonyl (C=O) groups excluding carboxylic acids is 1. The maximum absolute atomic E-state index is 11.5. The molecule has 0 spiro atoms. The van der Waals surface area contributed by atoms with E-state index in [4.69, 9.17) is 5.11 Å². The lowest BCUT2D eigenvalue weighted by Crippen LogP contribution is -2.41. The Morgan fingerprint density at radius 1 is 1.33 bits per heavy atom. The van der Waals surface area contributed by atoms with Gasteiger partial charge in [0.05, 0.1) is 11.6 Å². The van der Waals surface area contributed by atoms with Gasteiger partial charge in [0, 0.05) is 6.54 Å². The Morgan fingerprint density at radius 3 is 2.61 bits per heavy atom. The Kier molecular flexibility index (Phi) is 5.32. The average molecular weight is 250 g/mol. The van der Waals surface area contributed by atoms with Gasteiger partial charge < -0.3 is 15.7 Å². The van der Waals surface area contributed by atoms with E-state index >= 15 is 0 Å². The summed E-state index contributed by atoms with van der Waals surface area (Å²) in [5.41, 5.74) is 1.01. The van der Waals surface area contributed by atoms with Crippen molar-refractivity contribution in [2.75, 3.05) is 13.6 Å². The maximum Gasteiger partial charge on any atom is 0.335 e. The quantitative estimate of drug-likeness (QED) is 0.692. The van der Waals surface area contributed by atoms with Crippen LogP contribution in [0.4, 0.5) is 0 Å². The predicted octanol–water partition coefficient (Wildman–Crippen LogP) is 0.651.